The van der Waals surface area contributed by atoms with Gasteiger partial charge in [-0.15, -0.1) is 0 Å². The molecule has 0 N–H and O–H groups in total. The summed E-state index contributed by atoms with van der Waals surface area (Å²) in [4.78, 5) is 0. The largest absolute Gasteiger partial charge is 0.407 e. The third kappa shape index (κ3) is 4.56. The molecule has 3 heteroatoms. The van der Waals surface area contributed by atoms with Crippen LogP contribution < -0.4 is 10.4 Å². The average Bonchev–Trinajstić information content (AvgIpc) is 2.59. The lowest BCUT2D eigenvalue weighted by Gasteiger charge is -2.36. The maximum absolute atomic E-state index is 6.74. The van der Waals surface area contributed by atoms with Crippen molar-refractivity contribution in [2.45, 2.75) is 40.7 Å². The first-order valence-corrected chi connectivity index (χ1v) is 10.7. The van der Waals surface area contributed by atoms with Gasteiger partial charge in [-0.05, 0) is 29.1 Å². The van der Waals surface area contributed by atoms with Crippen molar-refractivity contribution in [3.05, 3.63) is 60.7 Å². The number of hydrogen-bond acceptors (Lipinski definition) is 2. The predicted molar refractivity (Wildman–Crippen MR) is 104 cm³/mol. The molecule has 0 aliphatic rings. The second kappa shape index (κ2) is 8.61. The summed E-state index contributed by atoms with van der Waals surface area (Å²) in [6, 6.07) is 21.0. The summed E-state index contributed by atoms with van der Waals surface area (Å²) in [6.07, 6.45) is 0.129. The van der Waals surface area contributed by atoms with Gasteiger partial charge in [-0.25, -0.2) is 0 Å². The van der Waals surface area contributed by atoms with E-state index in [1.165, 1.54) is 10.4 Å². The van der Waals surface area contributed by atoms with Crippen molar-refractivity contribution in [3.8, 4) is 0 Å². The van der Waals surface area contributed by atoms with Gasteiger partial charge >= 0.3 is 8.56 Å². The molecule has 0 saturated heterocycles. The van der Waals surface area contributed by atoms with Crippen LogP contribution in [-0.2, 0) is 8.85 Å². The molecule has 0 aliphatic carbocycles. The van der Waals surface area contributed by atoms with Crippen LogP contribution in [0.3, 0.4) is 0 Å². The molecule has 2 aromatic rings. The molecule has 0 radical (unpaired) electrons. The molecule has 24 heavy (non-hydrogen) atoms. The van der Waals surface area contributed by atoms with Crippen LogP contribution in [0.15, 0.2) is 60.7 Å². The fourth-order valence-corrected chi connectivity index (χ4v) is 6.13. The maximum Gasteiger partial charge on any atom is 0.407 e. The van der Waals surface area contributed by atoms with E-state index in [1.54, 1.807) is 0 Å². The molecule has 0 saturated carbocycles. The van der Waals surface area contributed by atoms with Gasteiger partial charge in [0.25, 0.3) is 0 Å². The maximum atomic E-state index is 6.74. The van der Waals surface area contributed by atoms with Crippen LogP contribution in [0.4, 0.5) is 0 Å². The van der Waals surface area contributed by atoms with Crippen LogP contribution in [0.2, 0.25) is 0 Å². The van der Waals surface area contributed by atoms with Crippen LogP contribution >= 0.6 is 0 Å². The minimum absolute atomic E-state index is 0.129. The lowest BCUT2D eigenvalue weighted by atomic mass is 10.1. The zero-order valence-corrected chi connectivity index (χ0v) is 16.5. The molecule has 0 aromatic heterocycles. The zero-order valence-electron chi connectivity index (χ0n) is 15.5. The van der Waals surface area contributed by atoms with Crippen LogP contribution in [0.5, 0.6) is 0 Å². The van der Waals surface area contributed by atoms with Gasteiger partial charge in [0, 0.05) is 12.7 Å². The molecule has 0 fully saturated rings. The summed E-state index contributed by atoms with van der Waals surface area (Å²) in [6.45, 7) is 11.6. The van der Waals surface area contributed by atoms with E-state index >= 15 is 0 Å². The molecular weight excluding hydrogens is 312 g/mol. The van der Waals surface area contributed by atoms with E-state index in [9.17, 15) is 0 Å². The summed E-state index contributed by atoms with van der Waals surface area (Å²) >= 11 is 0. The van der Waals surface area contributed by atoms with Crippen molar-refractivity contribution in [2.75, 3.05) is 6.61 Å². The van der Waals surface area contributed by atoms with Crippen molar-refractivity contribution < 1.29 is 8.85 Å². The Labute approximate surface area is 148 Å². The van der Waals surface area contributed by atoms with Crippen molar-refractivity contribution >= 4 is 18.9 Å². The quantitative estimate of drug-likeness (QED) is 0.676. The predicted octanol–water partition coefficient (Wildman–Crippen LogP) is 3.98. The Morgan fingerprint density at radius 1 is 0.750 bits per heavy atom. The van der Waals surface area contributed by atoms with Crippen molar-refractivity contribution in [2.24, 2.45) is 11.8 Å². The van der Waals surface area contributed by atoms with E-state index in [1.807, 2.05) is 12.1 Å². The molecule has 0 spiro atoms. The Hall–Kier alpha value is -1.42. The Balaban J connectivity index is 2.54. The van der Waals surface area contributed by atoms with Gasteiger partial charge in [0.1, 0.15) is 0 Å². The van der Waals surface area contributed by atoms with E-state index in [-0.39, 0.29) is 6.10 Å². The van der Waals surface area contributed by atoms with E-state index in [4.69, 9.17) is 8.85 Å². The lowest BCUT2D eigenvalue weighted by molar-refractivity contribution is 0.104. The molecule has 130 valence electrons. The summed E-state index contributed by atoms with van der Waals surface area (Å²) < 4.78 is 13.3. The van der Waals surface area contributed by atoms with E-state index in [2.05, 4.69) is 83.1 Å². The van der Waals surface area contributed by atoms with Crippen molar-refractivity contribution in [1.82, 2.24) is 0 Å². The SMILES string of the molecule is CC(C)CO[Si](OC(C)C(C)C)(c1ccccc1)c1ccccc1. The standard InChI is InChI=1S/C21H30O2Si/c1-17(2)16-22-24(23-19(5)18(3)4,20-12-8-6-9-13-20)21-14-10-7-11-15-21/h6-15,17-19H,16H2,1-5H3. The second-order valence-corrected chi connectivity index (χ2v) is 10.0. The number of hydrogen-bond donors (Lipinski definition) is 0. The first-order chi connectivity index (χ1) is 11.5. The van der Waals surface area contributed by atoms with E-state index < -0.39 is 8.56 Å². The fourth-order valence-electron chi connectivity index (χ4n) is 2.50. The van der Waals surface area contributed by atoms with Gasteiger partial charge in [-0.2, -0.15) is 0 Å². The Bertz CT molecular complexity index is 556. The molecule has 0 aliphatic heterocycles. The third-order valence-electron chi connectivity index (χ3n) is 4.22. The Kier molecular flexibility index (Phi) is 6.78. The van der Waals surface area contributed by atoms with Crippen LogP contribution in [0.1, 0.15) is 34.6 Å². The molecule has 0 bridgehead atoms. The van der Waals surface area contributed by atoms with Crippen LogP contribution in [-0.4, -0.2) is 21.3 Å². The first kappa shape index (κ1) is 18.9. The number of benzene rings is 2. The molecule has 1 atom stereocenters. The molecule has 2 rings (SSSR count). The highest BCUT2D eigenvalue weighted by Crippen LogP contribution is 2.18. The molecule has 2 nitrogen and oxygen atoms in total. The molecule has 0 heterocycles. The minimum atomic E-state index is -2.74. The summed E-state index contributed by atoms with van der Waals surface area (Å²) in [7, 11) is -2.74. The fraction of sp³-hybridized carbons (Fsp3) is 0.429. The molecule has 1 unspecified atom stereocenters. The Morgan fingerprint density at radius 2 is 1.21 bits per heavy atom. The van der Waals surface area contributed by atoms with E-state index in [0.717, 1.165) is 0 Å². The third-order valence-corrected chi connectivity index (χ3v) is 7.68. The molecule has 0 amide bonds. The monoisotopic (exact) mass is 342 g/mol. The van der Waals surface area contributed by atoms with Gasteiger partial charge in [-0.1, -0.05) is 88.4 Å². The smallest absolute Gasteiger partial charge is 0.387 e. The highest BCUT2D eigenvalue weighted by atomic mass is 28.4. The van der Waals surface area contributed by atoms with Gasteiger partial charge in [0.15, 0.2) is 0 Å². The highest BCUT2D eigenvalue weighted by Gasteiger charge is 2.44. The first-order valence-electron chi connectivity index (χ1n) is 8.88. The highest BCUT2D eigenvalue weighted by molar-refractivity contribution is 6.92. The average molecular weight is 343 g/mol. The van der Waals surface area contributed by atoms with Gasteiger partial charge < -0.3 is 8.85 Å². The Morgan fingerprint density at radius 3 is 1.58 bits per heavy atom. The summed E-state index contributed by atoms with van der Waals surface area (Å²) in [5.41, 5.74) is 0. The van der Waals surface area contributed by atoms with Gasteiger partial charge in [0.05, 0.1) is 0 Å². The van der Waals surface area contributed by atoms with Crippen molar-refractivity contribution in [3.63, 3.8) is 0 Å². The van der Waals surface area contributed by atoms with Gasteiger partial charge in [0.2, 0.25) is 0 Å². The van der Waals surface area contributed by atoms with Crippen molar-refractivity contribution in [1.29, 1.82) is 0 Å². The normalized spacial score (nSPS) is 13.5. The second-order valence-electron chi connectivity index (χ2n) is 7.12. The number of rotatable bonds is 8. The minimum Gasteiger partial charge on any atom is -0.387 e. The summed E-state index contributed by atoms with van der Waals surface area (Å²) in [5, 5.41) is 2.34. The summed E-state index contributed by atoms with van der Waals surface area (Å²) in [5.74, 6) is 0.897. The molecular formula is C21H30O2Si. The zero-order chi connectivity index (χ0) is 17.6. The van der Waals surface area contributed by atoms with Crippen LogP contribution in [0.25, 0.3) is 0 Å². The van der Waals surface area contributed by atoms with Gasteiger partial charge in [-0.3, -0.25) is 0 Å². The lowest BCUT2D eigenvalue weighted by Crippen LogP contribution is -2.65. The van der Waals surface area contributed by atoms with E-state index in [0.29, 0.717) is 18.4 Å². The topological polar surface area (TPSA) is 18.5 Å². The van der Waals surface area contributed by atoms with Crippen LogP contribution in [0, 0.1) is 11.8 Å². The molecule has 2 aromatic carbocycles.